The molecule has 0 bridgehead atoms. The van der Waals surface area contributed by atoms with Crippen molar-refractivity contribution in [3.05, 3.63) is 65.5 Å². The van der Waals surface area contributed by atoms with Gasteiger partial charge in [-0.05, 0) is 29.0 Å². The van der Waals surface area contributed by atoms with Crippen LogP contribution < -0.4 is 0 Å². The lowest BCUT2D eigenvalue weighted by atomic mass is 10.2. The number of carboxylic acid groups (broad SMARTS) is 1. The van der Waals surface area contributed by atoms with Crippen LogP contribution in [0.1, 0.15) is 32.2 Å². The molecule has 0 saturated carbocycles. The van der Waals surface area contributed by atoms with Crippen LogP contribution >= 0.6 is 0 Å². The molecule has 3 N–H and O–H groups in total. The number of H-pyrrole nitrogens is 1. The van der Waals surface area contributed by atoms with Crippen LogP contribution in [-0.4, -0.2) is 52.1 Å². The number of hydrogen-bond acceptors (Lipinski definition) is 7. The molecule has 126 valence electrons. The Morgan fingerprint density at radius 3 is 2.64 bits per heavy atom. The summed E-state index contributed by atoms with van der Waals surface area (Å²) in [5, 5.41) is 31.9. The summed E-state index contributed by atoms with van der Waals surface area (Å²) in [5.41, 5.74) is 0.994. The van der Waals surface area contributed by atoms with Crippen molar-refractivity contribution >= 4 is 17.5 Å². The SMILES string of the molecule is O=C(C=C(O)c1cc(C(=O)O)n(Cc2ccncc2)c1)c1nn[nH]n1. The minimum Gasteiger partial charge on any atom is -0.507 e. The predicted octanol–water partition coefficient (Wildman–Crippen LogP) is 0.924. The summed E-state index contributed by atoms with van der Waals surface area (Å²) in [6.45, 7) is 0.274. The van der Waals surface area contributed by atoms with E-state index < -0.39 is 17.5 Å². The summed E-state index contributed by atoms with van der Waals surface area (Å²) in [4.78, 5) is 27.2. The van der Waals surface area contributed by atoms with Crippen LogP contribution in [-0.2, 0) is 6.54 Å². The summed E-state index contributed by atoms with van der Waals surface area (Å²) >= 11 is 0. The van der Waals surface area contributed by atoms with E-state index in [0.717, 1.165) is 11.6 Å². The molecule has 3 aromatic heterocycles. The lowest BCUT2D eigenvalue weighted by Crippen LogP contribution is -2.08. The summed E-state index contributed by atoms with van der Waals surface area (Å²) < 4.78 is 1.45. The van der Waals surface area contributed by atoms with Crippen LogP contribution in [0.2, 0.25) is 0 Å². The van der Waals surface area contributed by atoms with Crippen LogP contribution in [0.15, 0.2) is 42.9 Å². The molecule has 10 heteroatoms. The third-order valence-electron chi connectivity index (χ3n) is 3.35. The second-order valence-corrected chi connectivity index (χ2v) is 5.03. The van der Waals surface area contributed by atoms with Gasteiger partial charge >= 0.3 is 5.97 Å². The molecule has 0 aliphatic carbocycles. The maximum Gasteiger partial charge on any atom is 0.352 e. The third kappa shape index (κ3) is 3.58. The highest BCUT2D eigenvalue weighted by Gasteiger charge is 2.16. The van der Waals surface area contributed by atoms with Crippen LogP contribution in [0.5, 0.6) is 0 Å². The van der Waals surface area contributed by atoms with Gasteiger partial charge in [0.15, 0.2) is 0 Å². The number of aromatic amines is 1. The van der Waals surface area contributed by atoms with Gasteiger partial charge in [0.05, 0.1) is 0 Å². The molecule has 0 aromatic carbocycles. The Morgan fingerprint density at radius 2 is 2.00 bits per heavy atom. The quantitative estimate of drug-likeness (QED) is 0.341. The number of aromatic nitrogens is 6. The fourth-order valence-corrected chi connectivity index (χ4v) is 2.18. The van der Waals surface area contributed by atoms with Gasteiger partial charge in [-0.1, -0.05) is 0 Å². The van der Waals surface area contributed by atoms with E-state index in [0.29, 0.717) is 0 Å². The standard InChI is InChI=1S/C15H12N6O4/c22-12(6-13(23)14-17-19-20-18-14)10-5-11(15(24)25)21(8-10)7-9-1-3-16-4-2-9/h1-6,8,22H,7H2,(H,24,25)(H,17,18,19,20). The second-order valence-electron chi connectivity index (χ2n) is 5.03. The number of carboxylic acids is 1. The van der Waals surface area contributed by atoms with E-state index in [1.165, 1.54) is 16.8 Å². The van der Waals surface area contributed by atoms with Gasteiger partial charge in [0.2, 0.25) is 11.6 Å². The van der Waals surface area contributed by atoms with Crippen molar-refractivity contribution in [2.75, 3.05) is 0 Å². The number of allylic oxidation sites excluding steroid dienone is 1. The minimum atomic E-state index is -1.15. The number of hydrogen-bond donors (Lipinski definition) is 3. The largest absolute Gasteiger partial charge is 0.507 e. The smallest absolute Gasteiger partial charge is 0.352 e. The first-order valence-electron chi connectivity index (χ1n) is 7.06. The molecule has 0 spiro atoms. The molecule has 0 unspecified atom stereocenters. The zero-order valence-corrected chi connectivity index (χ0v) is 12.7. The van der Waals surface area contributed by atoms with E-state index in [1.54, 1.807) is 24.5 Å². The van der Waals surface area contributed by atoms with Crippen molar-refractivity contribution in [1.82, 2.24) is 30.2 Å². The minimum absolute atomic E-state index is 0.0289. The number of carbonyl (C=O) groups excluding carboxylic acids is 1. The van der Waals surface area contributed by atoms with E-state index in [1.807, 2.05) is 0 Å². The van der Waals surface area contributed by atoms with Crippen LogP contribution in [0.25, 0.3) is 5.76 Å². The molecule has 3 heterocycles. The van der Waals surface area contributed by atoms with Gasteiger partial charge in [-0.3, -0.25) is 9.78 Å². The zero-order valence-electron chi connectivity index (χ0n) is 12.7. The van der Waals surface area contributed by atoms with Crippen molar-refractivity contribution in [3.8, 4) is 0 Å². The van der Waals surface area contributed by atoms with Gasteiger partial charge in [0.1, 0.15) is 11.5 Å². The maximum atomic E-state index is 11.9. The lowest BCUT2D eigenvalue weighted by molar-refractivity contribution is 0.0685. The first-order valence-corrected chi connectivity index (χ1v) is 7.06. The molecule has 0 saturated heterocycles. The van der Waals surface area contributed by atoms with Gasteiger partial charge in [0, 0.05) is 36.8 Å². The Kier molecular flexibility index (Phi) is 4.33. The van der Waals surface area contributed by atoms with Gasteiger partial charge in [-0.15, -0.1) is 10.2 Å². The van der Waals surface area contributed by atoms with Crippen molar-refractivity contribution < 1.29 is 19.8 Å². The van der Waals surface area contributed by atoms with Crippen molar-refractivity contribution in [2.24, 2.45) is 0 Å². The number of aromatic carboxylic acids is 1. The van der Waals surface area contributed by atoms with Gasteiger partial charge < -0.3 is 14.8 Å². The fraction of sp³-hybridized carbons (Fsp3) is 0.0667. The topological polar surface area (TPSA) is 147 Å². The average molecular weight is 340 g/mol. The fourth-order valence-electron chi connectivity index (χ4n) is 2.18. The van der Waals surface area contributed by atoms with E-state index in [-0.39, 0.29) is 23.6 Å². The number of nitrogens with zero attached hydrogens (tertiary/aromatic N) is 5. The zero-order chi connectivity index (χ0) is 17.8. The normalized spacial score (nSPS) is 11.4. The summed E-state index contributed by atoms with van der Waals surface area (Å²) in [6.07, 6.45) is 5.55. The van der Waals surface area contributed by atoms with E-state index in [9.17, 15) is 19.8 Å². The summed E-state index contributed by atoms with van der Waals surface area (Å²) in [7, 11) is 0. The van der Waals surface area contributed by atoms with Crippen LogP contribution in [0.4, 0.5) is 0 Å². The number of ketones is 1. The Balaban J connectivity index is 1.90. The molecule has 0 aliphatic rings. The van der Waals surface area contributed by atoms with Gasteiger partial charge in [-0.2, -0.15) is 5.21 Å². The maximum absolute atomic E-state index is 11.9. The highest BCUT2D eigenvalue weighted by molar-refractivity contribution is 6.05. The average Bonchev–Trinajstić information content (AvgIpc) is 3.25. The molecule has 25 heavy (non-hydrogen) atoms. The molecule has 3 rings (SSSR count). The van der Waals surface area contributed by atoms with Crippen LogP contribution in [0, 0.1) is 0 Å². The van der Waals surface area contributed by atoms with Crippen molar-refractivity contribution in [2.45, 2.75) is 6.54 Å². The van der Waals surface area contributed by atoms with E-state index in [2.05, 4.69) is 25.6 Å². The molecule has 0 atom stereocenters. The number of rotatable bonds is 6. The number of aliphatic hydroxyl groups is 1. The monoisotopic (exact) mass is 340 g/mol. The molecule has 3 aromatic rings. The van der Waals surface area contributed by atoms with Crippen molar-refractivity contribution in [1.29, 1.82) is 0 Å². The number of aliphatic hydroxyl groups excluding tert-OH is 1. The number of nitrogens with one attached hydrogen (secondary N) is 1. The molecule has 0 amide bonds. The molecular weight excluding hydrogens is 328 g/mol. The number of carbonyl (C=O) groups is 2. The molecule has 0 radical (unpaired) electrons. The molecule has 0 aliphatic heterocycles. The first kappa shape index (κ1) is 16.1. The van der Waals surface area contributed by atoms with Gasteiger partial charge in [0.25, 0.3) is 0 Å². The Bertz CT molecular complexity index is 930. The highest BCUT2D eigenvalue weighted by atomic mass is 16.4. The molecule has 0 fully saturated rings. The summed E-state index contributed by atoms with van der Waals surface area (Å²) in [5.74, 6) is -2.42. The van der Waals surface area contributed by atoms with Gasteiger partial charge in [-0.25, -0.2) is 4.79 Å². The number of tetrazole rings is 1. The Hall–Kier alpha value is -3.82. The van der Waals surface area contributed by atoms with E-state index >= 15 is 0 Å². The second kappa shape index (κ2) is 6.74. The first-order chi connectivity index (χ1) is 12.0. The predicted molar refractivity (Wildman–Crippen MR) is 83.8 cm³/mol. The van der Waals surface area contributed by atoms with Crippen molar-refractivity contribution in [3.63, 3.8) is 0 Å². The molecule has 10 nitrogen and oxygen atoms in total. The summed E-state index contributed by atoms with van der Waals surface area (Å²) in [6, 6.07) is 4.78. The lowest BCUT2D eigenvalue weighted by Gasteiger charge is -2.05. The molecular formula is C15H12N6O4. The Morgan fingerprint density at radius 1 is 1.24 bits per heavy atom. The third-order valence-corrected chi connectivity index (χ3v) is 3.35. The Labute approximate surface area is 140 Å². The van der Waals surface area contributed by atoms with Crippen LogP contribution in [0.3, 0.4) is 0 Å². The number of pyridine rings is 1. The highest BCUT2D eigenvalue weighted by Crippen LogP contribution is 2.18. The van der Waals surface area contributed by atoms with E-state index in [4.69, 9.17) is 0 Å².